The Morgan fingerprint density at radius 3 is 2.53 bits per heavy atom. The Balaban J connectivity index is 1.40. The van der Waals surface area contributed by atoms with Crippen LogP contribution in [0.15, 0.2) is 53.9 Å². The first-order valence-electron chi connectivity index (χ1n) is 10.1. The van der Waals surface area contributed by atoms with Crippen molar-refractivity contribution in [3.05, 3.63) is 70.1 Å². The first kappa shape index (κ1) is 22.2. The molecule has 0 bridgehead atoms. The number of hydrogen-bond acceptors (Lipinski definition) is 6. The number of aromatic nitrogens is 1. The average molecular weight is 469 g/mol. The second-order valence-electron chi connectivity index (χ2n) is 7.74. The topological polar surface area (TPSA) is 76.6 Å². The van der Waals surface area contributed by atoms with Gasteiger partial charge < -0.3 is 4.74 Å². The molecule has 4 rings (SSSR count). The summed E-state index contributed by atoms with van der Waals surface area (Å²) in [6, 6.07) is 14.4. The molecule has 3 aromatic rings. The third kappa shape index (κ3) is 4.74. The van der Waals surface area contributed by atoms with Gasteiger partial charge in [0.05, 0.1) is 11.6 Å². The minimum Gasteiger partial charge on any atom is -0.454 e. The van der Waals surface area contributed by atoms with Crippen molar-refractivity contribution in [2.45, 2.75) is 26.4 Å². The molecule has 1 aliphatic rings. The van der Waals surface area contributed by atoms with E-state index in [1.165, 1.54) is 23.2 Å². The lowest BCUT2D eigenvalue weighted by molar-refractivity contribution is -0.151. The molecule has 6 nitrogen and oxygen atoms in total. The molecule has 0 N–H and O–H groups in total. The molecule has 32 heavy (non-hydrogen) atoms. The summed E-state index contributed by atoms with van der Waals surface area (Å²) in [5, 5.41) is 2.96. The highest BCUT2D eigenvalue weighted by Crippen LogP contribution is 2.32. The van der Waals surface area contributed by atoms with Crippen LogP contribution in [-0.2, 0) is 14.3 Å². The molecule has 164 valence electrons. The van der Waals surface area contributed by atoms with Gasteiger partial charge >= 0.3 is 5.97 Å². The van der Waals surface area contributed by atoms with Crippen molar-refractivity contribution >= 4 is 45.7 Å². The summed E-state index contributed by atoms with van der Waals surface area (Å²) < 4.78 is 5.38. The van der Waals surface area contributed by atoms with Gasteiger partial charge in [0.25, 0.3) is 0 Å². The average Bonchev–Trinajstić information content (AvgIpc) is 3.41. The molecule has 0 unspecified atom stereocenters. The maximum atomic E-state index is 12.6. The number of aryl methyl sites for hydroxylation is 1. The van der Waals surface area contributed by atoms with E-state index in [2.05, 4.69) is 4.98 Å². The zero-order chi connectivity index (χ0) is 22.8. The molecule has 8 heteroatoms. The molecule has 1 amide bonds. The molecule has 1 saturated heterocycles. The van der Waals surface area contributed by atoms with Crippen LogP contribution in [0.2, 0.25) is 5.02 Å². The molecule has 1 fully saturated rings. The number of halogens is 1. The van der Waals surface area contributed by atoms with Crippen LogP contribution < -0.4 is 4.90 Å². The summed E-state index contributed by atoms with van der Waals surface area (Å²) in [5.41, 5.74) is 3.32. The van der Waals surface area contributed by atoms with Crippen LogP contribution in [0.1, 0.15) is 29.3 Å². The highest BCUT2D eigenvalue weighted by molar-refractivity contribution is 7.14. The molecule has 1 aromatic heterocycles. The van der Waals surface area contributed by atoms with E-state index in [1.54, 1.807) is 24.3 Å². The smallest absolute Gasteiger partial charge is 0.312 e. The monoisotopic (exact) mass is 468 g/mol. The van der Waals surface area contributed by atoms with Crippen LogP contribution >= 0.6 is 22.9 Å². The first-order chi connectivity index (χ1) is 15.3. The molecule has 0 aliphatic carbocycles. The van der Waals surface area contributed by atoms with E-state index < -0.39 is 18.0 Å². The fourth-order valence-electron chi connectivity index (χ4n) is 3.47. The second-order valence-corrected chi connectivity index (χ2v) is 9.01. The maximum Gasteiger partial charge on any atom is 0.312 e. The van der Waals surface area contributed by atoms with E-state index in [0.717, 1.165) is 16.8 Å². The molecule has 2 aromatic carbocycles. The fourth-order valence-corrected chi connectivity index (χ4v) is 4.45. The fraction of sp³-hybridized carbons (Fsp3) is 0.250. The number of ether oxygens (including phenoxy) is 1. The van der Waals surface area contributed by atoms with Crippen LogP contribution in [-0.4, -0.2) is 35.3 Å². The number of thiazole rings is 1. The molecule has 2 atom stereocenters. The Labute approximate surface area is 194 Å². The van der Waals surface area contributed by atoms with Crippen molar-refractivity contribution in [1.29, 1.82) is 0 Å². The Bertz CT molecular complexity index is 1160. The van der Waals surface area contributed by atoms with Gasteiger partial charge in [0.1, 0.15) is 0 Å². The van der Waals surface area contributed by atoms with Gasteiger partial charge in [-0.25, -0.2) is 4.98 Å². The van der Waals surface area contributed by atoms with Gasteiger partial charge in [0, 0.05) is 34.5 Å². The van der Waals surface area contributed by atoms with Gasteiger partial charge in [0.2, 0.25) is 11.7 Å². The van der Waals surface area contributed by atoms with Crippen molar-refractivity contribution < 1.29 is 19.1 Å². The quantitative estimate of drug-likeness (QED) is 0.378. The van der Waals surface area contributed by atoms with Gasteiger partial charge in [0.15, 0.2) is 11.2 Å². The molecule has 0 spiro atoms. The predicted molar refractivity (Wildman–Crippen MR) is 124 cm³/mol. The summed E-state index contributed by atoms with van der Waals surface area (Å²) in [6.45, 7) is 3.72. The van der Waals surface area contributed by atoms with Crippen LogP contribution in [0.3, 0.4) is 0 Å². The highest BCUT2D eigenvalue weighted by Gasteiger charge is 2.38. The van der Waals surface area contributed by atoms with Gasteiger partial charge in [-0.1, -0.05) is 41.4 Å². The van der Waals surface area contributed by atoms with Crippen molar-refractivity contribution in [2.75, 3.05) is 11.4 Å². The molecular weight excluding hydrogens is 448 g/mol. The van der Waals surface area contributed by atoms with Crippen LogP contribution in [0.4, 0.5) is 5.13 Å². The summed E-state index contributed by atoms with van der Waals surface area (Å²) in [5.74, 6) is -1.71. The van der Waals surface area contributed by atoms with Gasteiger partial charge in [-0.15, -0.1) is 11.3 Å². The Hall–Kier alpha value is -3.03. The summed E-state index contributed by atoms with van der Waals surface area (Å²) in [7, 11) is 0. The molecule has 1 aliphatic heterocycles. The first-order valence-corrected chi connectivity index (χ1v) is 11.4. The number of carbonyl (C=O) groups is 3. The number of benzene rings is 2. The third-order valence-corrected chi connectivity index (χ3v) is 6.44. The van der Waals surface area contributed by atoms with Gasteiger partial charge in [-0.3, -0.25) is 19.3 Å². The number of Topliss-reactive ketones (excluding diaryl/α,β-unsaturated/α-hetero) is 1. The minimum absolute atomic E-state index is 0.0279. The number of hydrogen-bond donors (Lipinski definition) is 0. The number of ketones is 1. The zero-order valence-electron chi connectivity index (χ0n) is 17.6. The maximum absolute atomic E-state index is 12.6. The highest BCUT2D eigenvalue weighted by atomic mass is 35.5. The van der Waals surface area contributed by atoms with E-state index in [0.29, 0.717) is 15.7 Å². The third-order valence-electron chi connectivity index (χ3n) is 5.32. The number of rotatable bonds is 6. The minimum atomic E-state index is -0.958. The molecular formula is C24H21ClN2O4S. The van der Waals surface area contributed by atoms with Crippen molar-refractivity contribution in [2.24, 2.45) is 5.92 Å². The van der Waals surface area contributed by atoms with Crippen LogP contribution in [0.5, 0.6) is 0 Å². The summed E-state index contributed by atoms with van der Waals surface area (Å²) in [4.78, 5) is 43.8. The Kier molecular flexibility index (Phi) is 6.39. The summed E-state index contributed by atoms with van der Waals surface area (Å²) >= 11 is 7.21. The van der Waals surface area contributed by atoms with E-state index in [-0.39, 0.29) is 24.7 Å². The standard InChI is InChI=1S/C24H21ClN2O4S/c1-14-3-5-16(6-4-14)20-13-32-24(26-20)27-12-18(11-21(27)28)23(30)31-15(2)22(29)17-7-9-19(25)10-8-17/h3-10,13,15,18H,11-12H2,1-2H3/t15-,18+/m0/s1. The molecule has 0 saturated carbocycles. The van der Waals surface area contributed by atoms with E-state index in [4.69, 9.17) is 16.3 Å². The van der Waals surface area contributed by atoms with Crippen molar-refractivity contribution in [3.8, 4) is 11.3 Å². The SMILES string of the molecule is Cc1ccc(-c2csc(N3C[C@H](C(=O)O[C@@H](C)C(=O)c4ccc(Cl)cc4)CC3=O)n2)cc1. The number of esters is 1. The van der Waals surface area contributed by atoms with E-state index >= 15 is 0 Å². The van der Waals surface area contributed by atoms with Crippen LogP contribution in [0, 0.1) is 12.8 Å². The number of carbonyl (C=O) groups excluding carboxylic acids is 3. The molecule has 2 heterocycles. The van der Waals surface area contributed by atoms with Gasteiger partial charge in [-0.05, 0) is 38.1 Å². The molecule has 0 radical (unpaired) electrons. The lowest BCUT2D eigenvalue weighted by atomic mass is 10.1. The lowest BCUT2D eigenvalue weighted by Crippen LogP contribution is -2.30. The zero-order valence-corrected chi connectivity index (χ0v) is 19.2. The number of amides is 1. The summed E-state index contributed by atoms with van der Waals surface area (Å²) in [6.07, 6.45) is -0.930. The van der Waals surface area contributed by atoms with Crippen molar-refractivity contribution in [3.63, 3.8) is 0 Å². The van der Waals surface area contributed by atoms with E-state index in [1.807, 2.05) is 36.6 Å². The Morgan fingerprint density at radius 2 is 1.84 bits per heavy atom. The van der Waals surface area contributed by atoms with Gasteiger partial charge in [-0.2, -0.15) is 0 Å². The number of nitrogens with zero attached hydrogens (tertiary/aromatic N) is 2. The largest absolute Gasteiger partial charge is 0.454 e. The lowest BCUT2D eigenvalue weighted by Gasteiger charge is -2.16. The van der Waals surface area contributed by atoms with Crippen LogP contribution in [0.25, 0.3) is 11.3 Å². The predicted octanol–water partition coefficient (Wildman–Crippen LogP) is 4.94. The van der Waals surface area contributed by atoms with E-state index in [9.17, 15) is 14.4 Å². The van der Waals surface area contributed by atoms with Crippen molar-refractivity contribution in [1.82, 2.24) is 4.98 Å². The normalized spacial score (nSPS) is 16.8. The Morgan fingerprint density at radius 1 is 1.16 bits per heavy atom. The second kappa shape index (κ2) is 9.22. The number of anilines is 1.